The minimum atomic E-state index is -3.35. The lowest BCUT2D eigenvalue weighted by Gasteiger charge is -2.08. The van der Waals surface area contributed by atoms with Crippen molar-refractivity contribution in [2.75, 3.05) is 12.9 Å². The predicted molar refractivity (Wildman–Crippen MR) is 80.5 cm³/mol. The summed E-state index contributed by atoms with van der Waals surface area (Å²) in [6.07, 6.45) is 0. The number of ether oxygens (including phenoxy) is 1. The van der Waals surface area contributed by atoms with Gasteiger partial charge >= 0.3 is 0 Å². The largest absolute Gasteiger partial charge is 0.497 e. The van der Waals surface area contributed by atoms with E-state index in [0.29, 0.717) is 10.5 Å². The molecule has 0 amide bonds. The first kappa shape index (κ1) is 14.3. The van der Waals surface area contributed by atoms with Gasteiger partial charge in [0.2, 0.25) is 0 Å². The van der Waals surface area contributed by atoms with E-state index in [2.05, 4.69) is 6.58 Å². The van der Waals surface area contributed by atoms with E-state index in [-0.39, 0.29) is 5.75 Å². The molecule has 0 heterocycles. The zero-order chi connectivity index (χ0) is 14.6. The Labute approximate surface area is 119 Å². The summed E-state index contributed by atoms with van der Waals surface area (Å²) < 4.78 is 29.6. The van der Waals surface area contributed by atoms with Gasteiger partial charge in [0.25, 0.3) is 0 Å². The molecule has 0 spiro atoms. The van der Waals surface area contributed by atoms with Crippen LogP contribution in [-0.2, 0) is 9.84 Å². The fourth-order valence-electron chi connectivity index (χ4n) is 1.85. The Morgan fingerprint density at radius 2 is 1.65 bits per heavy atom. The van der Waals surface area contributed by atoms with Crippen LogP contribution in [0.25, 0.3) is 5.57 Å². The third-order valence-corrected chi connectivity index (χ3v) is 4.68. The van der Waals surface area contributed by atoms with Gasteiger partial charge in [-0.1, -0.05) is 36.9 Å². The molecule has 0 aliphatic carbocycles. The maximum Gasteiger partial charge on any atom is 0.182 e. The molecule has 0 aliphatic heterocycles. The molecule has 0 unspecified atom stereocenters. The van der Waals surface area contributed by atoms with E-state index in [1.807, 2.05) is 12.1 Å². The lowest BCUT2D eigenvalue weighted by atomic mass is 10.1. The molecule has 0 saturated heterocycles. The lowest BCUT2D eigenvalue weighted by Crippen LogP contribution is -2.08. The van der Waals surface area contributed by atoms with Crippen LogP contribution >= 0.6 is 0 Å². The van der Waals surface area contributed by atoms with Gasteiger partial charge in [-0.2, -0.15) is 0 Å². The Hall–Kier alpha value is -2.07. The number of hydrogen-bond donors (Lipinski definition) is 0. The Balaban J connectivity index is 2.18. The standard InChI is InChI=1S/C16H16O3S/c1-13(14-8-10-15(19-2)11-9-14)12-20(17,18)16-6-4-3-5-7-16/h3-11H,1,12H2,2H3. The molecule has 0 radical (unpaired) electrons. The van der Waals surface area contributed by atoms with Crippen LogP contribution in [-0.4, -0.2) is 21.3 Å². The first-order chi connectivity index (χ1) is 9.53. The van der Waals surface area contributed by atoms with Crippen LogP contribution in [0.15, 0.2) is 66.1 Å². The van der Waals surface area contributed by atoms with Crippen molar-refractivity contribution in [3.05, 3.63) is 66.7 Å². The zero-order valence-electron chi connectivity index (χ0n) is 11.2. The number of hydrogen-bond acceptors (Lipinski definition) is 3. The highest BCUT2D eigenvalue weighted by Crippen LogP contribution is 2.21. The average molecular weight is 288 g/mol. The summed E-state index contributed by atoms with van der Waals surface area (Å²) in [4.78, 5) is 0.315. The van der Waals surface area contributed by atoms with E-state index >= 15 is 0 Å². The van der Waals surface area contributed by atoms with Crippen molar-refractivity contribution in [1.82, 2.24) is 0 Å². The summed E-state index contributed by atoms with van der Waals surface area (Å²) >= 11 is 0. The van der Waals surface area contributed by atoms with E-state index in [0.717, 1.165) is 11.3 Å². The van der Waals surface area contributed by atoms with Crippen molar-refractivity contribution in [3.8, 4) is 5.75 Å². The highest BCUT2D eigenvalue weighted by Gasteiger charge is 2.16. The van der Waals surface area contributed by atoms with E-state index in [1.54, 1.807) is 49.6 Å². The molecule has 20 heavy (non-hydrogen) atoms. The van der Waals surface area contributed by atoms with Crippen LogP contribution in [0.5, 0.6) is 5.75 Å². The fourth-order valence-corrected chi connectivity index (χ4v) is 3.21. The summed E-state index contributed by atoms with van der Waals surface area (Å²) in [7, 11) is -1.77. The molecule has 2 aromatic carbocycles. The number of benzene rings is 2. The van der Waals surface area contributed by atoms with Gasteiger partial charge in [-0.25, -0.2) is 8.42 Å². The molecule has 2 rings (SSSR count). The Morgan fingerprint density at radius 1 is 1.05 bits per heavy atom. The second-order valence-corrected chi connectivity index (χ2v) is 6.39. The molecule has 2 aromatic rings. The van der Waals surface area contributed by atoms with Gasteiger partial charge < -0.3 is 4.74 Å². The number of methoxy groups -OCH3 is 1. The first-order valence-electron chi connectivity index (χ1n) is 6.13. The summed E-state index contributed by atoms with van der Waals surface area (Å²) in [6.45, 7) is 3.87. The van der Waals surface area contributed by atoms with Crippen LogP contribution < -0.4 is 4.74 Å². The molecular formula is C16H16O3S. The van der Waals surface area contributed by atoms with Gasteiger partial charge in [-0.15, -0.1) is 0 Å². The zero-order valence-corrected chi connectivity index (χ0v) is 12.1. The SMILES string of the molecule is C=C(CS(=O)(=O)c1ccccc1)c1ccc(OC)cc1. The maximum absolute atomic E-state index is 12.3. The normalized spacial score (nSPS) is 11.1. The third kappa shape index (κ3) is 3.27. The number of rotatable bonds is 5. The van der Waals surface area contributed by atoms with E-state index in [9.17, 15) is 8.42 Å². The van der Waals surface area contributed by atoms with Crippen molar-refractivity contribution >= 4 is 15.4 Å². The van der Waals surface area contributed by atoms with Crippen LogP contribution in [0.3, 0.4) is 0 Å². The average Bonchev–Trinajstić information content (AvgIpc) is 2.48. The van der Waals surface area contributed by atoms with E-state index in [4.69, 9.17) is 4.74 Å². The fraction of sp³-hybridized carbons (Fsp3) is 0.125. The van der Waals surface area contributed by atoms with Gasteiger partial charge in [-0.05, 0) is 35.4 Å². The minimum Gasteiger partial charge on any atom is -0.497 e. The molecule has 0 aliphatic rings. The molecule has 4 heteroatoms. The third-order valence-electron chi connectivity index (χ3n) is 2.96. The predicted octanol–water partition coefficient (Wildman–Crippen LogP) is 3.18. The van der Waals surface area contributed by atoms with E-state index in [1.165, 1.54) is 0 Å². The van der Waals surface area contributed by atoms with Crippen molar-refractivity contribution < 1.29 is 13.2 Å². The molecule has 0 bridgehead atoms. The van der Waals surface area contributed by atoms with Crippen LogP contribution in [0.4, 0.5) is 0 Å². The number of sulfone groups is 1. The second kappa shape index (κ2) is 5.92. The molecule has 0 fully saturated rings. The van der Waals surface area contributed by atoms with Crippen molar-refractivity contribution in [2.24, 2.45) is 0 Å². The van der Waals surface area contributed by atoms with Crippen molar-refractivity contribution in [3.63, 3.8) is 0 Å². The maximum atomic E-state index is 12.3. The summed E-state index contributed by atoms with van der Waals surface area (Å²) in [5, 5.41) is 0. The van der Waals surface area contributed by atoms with E-state index < -0.39 is 9.84 Å². The Bertz CT molecular complexity index is 686. The first-order valence-corrected chi connectivity index (χ1v) is 7.78. The monoisotopic (exact) mass is 288 g/mol. The quantitative estimate of drug-likeness (QED) is 0.848. The Kier molecular flexibility index (Phi) is 4.25. The van der Waals surface area contributed by atoms with Gasteiger partial charge in [0.1, 0.15) is 5.75 Å². The lowest BCUT2D eigenvalue weighted by molar-refractivity contribution is 0.415. The highest BCUT2D eigenvalue weighted by molar-refractivity contribution is 7.91. The molecule has 0 aromatic heterocycles. The minimum absolute atomic E-state index is 0.0939. The summed E-state index contributed by atoms with van der Waals surface area (Å²) in [5.74, 6) is 0.635. The molecular weight excluding hydrogens is 272 g/mol. The van der Waals surface area contributed by atoms with Crippen molar-refractivity contribution in [2.45, 2.75) is 4.90 Å². The van der Waals surface area contributed by atoms with Gasteiger partial charge in [0.15, 0.2) is 9.84 Å². The van der Waals surface area contributed by atoms with Gasteiger partial charge in [-0.3, -0.25) is 0 Å². The molecule has 3 nitrogen and oxygen atoms in total. The molecule has 0 N–H and O–H groups in total. The van der Waals surface area contributed by atoms with Crippen LogP contribution in [0.1, 0.15) is 5.56 Å². The summed E-state index contributed by atoms with van der Waals surface area (Å²) in [5.41, 5.74) is 1.36. The smallest absolute Gasteiger partial charge is 0.182 e. The molecule has 0 atom stereocenters. The topological polar surface area (TPSA) is 43.4 Å². The van der Waals surface area contributed by atoms with Gasteiger partial charge in [0.05, 0.1) is 17.8 Å². The Morgan fingerprint density at radius 3 is 2.20 bits per heavy atom. The summed E-state index contributed by atoms with van der Waals surface area (Å²) in [6, 6.07) is 15.6. The second-order valence-electron chi connectivity index (χ2n) is 4.40. The van der Waals surface area contributed by atoms with Crippen LogP contribution in [0.2, 0.25) is 0 Å². The molecule has 104 valence electrons. The highest BCUT2D eigenvalue weighted by atomic mass is 32.2. The van der Waals surface area contributed by atoms with Crippen LogP contribution in [0, 0.1) is 0 Å². The van der Waals surface area contributed by atoms with Gasteiger partial charge in [0, 0.05) is 0 Å². The van der Waals surface area contributed by atoms with Crippen molar-refractivity contribution in [1.29, 1.82) is 0 Å². The molecule has 0 saturated carbocycles.